The van der Waals surface area contributed by atoms with Crippen molar-refractivity contribution in [3.05, 3.63) is 48.2 Å². The molecule has 0 heterocycles. The molecule has 2 nitrogen and oxygen atoms in total. The van der Waals surface area contributed by atoms with Crippen LogP contribution < -0.4 is 10.6 Å². The third-order valence-electron chi connectivity index (χ3n) is 2.26. The Bertz CT molecular complexity index is 273. The maximum absolute atomic E-state index is 3.80. The summed E-state index contributed by atoms with van der Waals surface area (Å²) in [7, 11) is 3.85. The molecule has 1 atom stereocenters. The van der Waals surface area contributed by atoms with Crippen LogP contribution in [0.25, 0.3) is 0 Å². The van der Waals surface area contributed by atoms with Crippen LogP contribution in [-0.2, 0) is 0 Å². The number of nitrogens with one attached hydrogen (secondary N) is 2. The summed E-state index contributed by atoms with van der Waals surface area (Å²) in [6, 6.07) is 0.298. The van der Waals surface area contributed by atoms with Crippen LogP contribution in [0.2, 0.25) is 0 Å². The zero-order valence-electron chi connectivity index (χ0n) is 14.2. The Hall–Kier alpha value is -1.28. The first-order valence-corrected chi connectivity index (χ1v) is 7.22. The first-order valence-electron chi connectivity index (χ1n) is 7.22. The van der Waals surface area contributed by atoms with Gasteiger partial charge in [-0.25, -0.2) is 0 Å². The maximum Gasteiger partial charge on any atom is 0.0380 e. The van der Waals surface area contributed by atoms with Gasteiger partial charge in [0.15, 0.2) is 0 Å². The van der Waals surface area contributed by atoms with Crippen molar-refractivity contribution in [3.8, 4) is 0 Å². The van der Waals surface area contributed by atoms with Gasteiger partial charge < -0.3 is 10.6 Å². The standard InChI is InChI=1S/C13H22N2.2C2H6/c1-6-8-9-10-12(11(3)14-4)13(7-2)15-5;2*1-2/h6-11,14-15H,2H2,1,3-5H3;2*1-2H3/b8-6-,10-9-,13-12-;;. The molecule has 0 aromatic carbocycles. The summed E-state index contributed by atoms with van der Waals surface area (Å²) in [6.45, 7) is 15.9. The second-order valence-electron chi connectivity index (χ2n) is 3.22. The van der Waals surface area contributed by atoms with Crippen molar-refractivity contribution in [3.63, 3.8) is 0 Å². The summed E-state index contributed by atoms with van der Waals surface area (Å²) in [5.74, 6) is 0. The smallest absolute Gasteiger partial charge is 0.0380 e. The molecule has 0 radical (unpaired) electrons. The largest absolute Gasteiger partial charge is 0.388 e. The normalized spacial score (nSPS) is 12.8. The average Bonchev–Trinajstić information content (AvgIpc) is 2.50. The van der Waals surface area contributed by atoms with E-state index >= 15 is 0 Å². The maximum atomic E-state index is 3.80. The molecule has 0 fully saturated rings. The molecular weight excluding hydrogens is 232 g/mol. The fourth-order valence-corrected chi connectivity index (χ4v) is 1.26. The van der Waals surface area contributed by atoms with Gasteiger partial charge in [0.2, 0.25) is 0 Å². The van der Waals surface area contributed by atoms with Crippen molar-refractivity contribution in [2.24, 2.45) is 0 Å². The van der Waals surface area contributed by atoms with Crippen LogP contribution in [0.3, 0.4) is 0 Å². The quantitative estimate of drug-likeness (QED) is 0.695. The predicted octanol–water partition coefficient (Wildman–Crippen LogP) is 4.44. The number of rotatable bonds is 6. The van der Waals surface area contributed by atoms with E-state index in [9.17, 15) is 0 Å². The SMILES string of the molecule is C=C\C(NC)=C(/C=C\C=C/C)C(C)NC.CC.CC. The Morgan fingerprint density at radius 3 is 1.89 bits per heavy atom. The van der Waals surface area contributed by atoms with E-state index in [1.165, 1.54) is 5.57 Å². The van der Waals surface area contributed by atoms with Gasteiger partial charge in [0.1, 0.15) is 0 Å². The molecule has 0 saturated heterocycles. The van der Waals surface area contributed by atoms with Gasteiger partial charge in [0.25, 0.3) is 0 Å². The highest BCUT2D eigenvalue weighted by molar-refractivity contribution is 5.35. The molecule has 0 aliphatic heterocycles. The predicted molar refractivity (Wildman–Crippen MR) is 91.5 cm³/mol. The molecule has 0 aliphatic rings. The molecule has 0 aliphatic carbocycles. The van der Waals surface area contributed by atoms with Crippen LogP contribution in [0.5, 0.6) is 0 Å². The molecule has 1 unspecified atom stereocenters. The zero-order chi connectivity index (χ0) is 15.7. The van der Waals surface area contributed by atoms with E-state index in [2.05, 4.69) is 30.2 Å². The van der Waals surface area contributed by atoms with Gasteiger partial charge in [-0.3, -0.25) is 0 Å². The Balaban J connectivity index is -0.000000579. The topological polar surface area (TPSA) is 24.1 Å². The molecule has 112 valence electrons. The highest BCUT2D eigenvalue weighted by Gasteiger charge is 2.06. The molecule has 19 heavy (non-hydrogen) atoms. The lowest BCUT2D eigenvalue weighted by Gasteiger charge is -2.15. The molecular formula is C17H34N2. The Morgan fingerprint density at radius 1 is 1.05 bits per heavy atom. The Kier molecular flexibility index (Phi) is 22.9. The van der Waals surface area contributed by atoms with E-state index in [0.29, 0.717) is 6.04 Å². The minimum Gasteiger partial charge on any atom is -0.388 e. The number of hydrogen-bond acceptors (Lipinski definition) is 2. The summed E-state index contributed by atoms with van der Waals surface area (Å²) >= 11 is 0. The lowest BCUT2D eigenvalue weighted by Crippen LogP contribution is -2.25. The summed E-state index contributed by atoms with van der Waals surface area (Å²) in [5, 5.41) is 6.36. The van der Waals surface area contributed by atoms with E-state index in [4.69, 9.17) is 0 Å². The first kappa shape index (κ1) is 22.9. The van der Waals surface area contributed by atoms with Gasteiger partial charge in [-0.1, -0.05) is 58.6 Å². The minimum atomic E-state index is 0.298. The van der Waals surface area contributed by atoms with E-state index in [1.54, 1.807) is 0 Å². The van der Waals surface area contributed by atoms with Crippen LogP contribution in [-0.4, -0.2) is 20.1 Å². The molecule has 0 aromatic rings. The molecule has 2 N–H and O–H groups in total. The van der Waals surface area contributed by atoms with Gasteiger partial charge in [-0.2, -0.15) is 0 Å². The van der Waals surface area contributed by atoms with Crippen molar-refractivity contribution >= 4 is 0 Å². The molecule has 0 bridgehead atoms. The van der Waals surface area contributed by atoms with Crippen LogP contribution in [0, 0.1) is 0 Å². The first-order chi connectivity index (χ1) is 9.21. The summed E-state index contributed by atoms with van der Waals surface area (Å²) in [6.07, 6.45) is 9.98. The van der Waals surface area contributed by atoms with E-state index < -0.39 is 0 Å². The fourth-order valence-electron chi connectivity index (χ4n) is 1.26. The monoisotopic (exact) mass is 266 g/mol. The molecule has 0 spiro atoms. The van der Waals surface area contributed by atoms with Crippen LogP contribution in [0.1, 0.15) is 41.5 Å². The van der Waals surface area contributed by atoms with Gasteiger partial charge in [-0.15, -0.1) is 0 Å². The number of hydrogen-bond donors (Lipinski definition) is 2. The summed E-state index contributed by atoms with van der Waals surface area (Å²) in [5.41, 5.74) is 2.26. The Labute approximate surface area is 121 Å². The highest BCUT2D eigenvalue weighted by atomic mass is 14.9. The molecule has 0 aromatic heterocycles. The average molecular weight is 266 g/mol. The minimum absolute atomic E-state index is 0.298. The van der Waals surface area contributed by atoms with Crippen LogP contribution in [0.4, 0.5) is 0 Å². The third kappa shape index (κ3) is 11.5. The molecule has 2 heteroatoms. The lowest BCUT2D eigenvalue weighted by atomic mass is 10.1. The second-order valence-corrected chi connectivity index (χ2v) is 3.22. The van der Waals surface area contributed by atoms with Gasteiger partial charge >= 0.3 is 0 Å². The molecule has 0 rings (SSSR count). The van der Waals surface area contributed by atoms with E-state index in [0.717, 1.165) is 5.70 Å². The van der Waals surface area contributed by atoms with Gasteiger partial charge in [0.05, 0.1) is 0 Å². The van der Waals surface area contributed by atoms with Crippen molar-refractivity contribution in [2.45, 2.75) is 47.6 Å². The van der Waals surface area contributed by atoms with Crippen molar-refractivity contribution in [2.75, 3.05) is 14.1 Å². The van der Waals surface area contributed by atoms with Crippen molar-refractivity contribution < 1.29 is 0 Å². The summed E-state index contributed by atoms with van der Waals surface area (Å²) in [4.78, 5) is 0. The molecule has 0 saturated carbocycles. The van der Waals surface area contributed by atoms with Crippen molar-refractivity contribution in [1.82, 2.24) is 10.6 Å². The lowest BCUT2D eigenvalue weighted by molar-refractivity contribution is 0.694. The third-order valence-corrected chi connectivity index (χ3v) is 2.26. The summed E-state index contributed by atoms with van der Waals surface area (Å²) < 4.78 is 0. The fraction of sp³-hybridized carbons (Fsp3) is 0.529. The molecule has 0 amide bonds. The van der Waals surface area contributed by atoms with Crippen LogP contribution in [0.15, 0.2) is 48.2 Å². The Morgan fingerprint density at radius 2 is 1.58 bits per heavy atom. The van der Waals surface area contributed by atoms with Crippen LogP contribution >= 0.6 is 0 Å². The van der Waals surface area contributed by atoms with E-state index in [1.807, 2.05) is 73.0 Å². The number of allylic oxidation sites excluding steroid dienone is 4. The van der Waals surface area contributed by atoms with Gasteiger partial charge in [-0.05, 0) is 32.5 Å². The van der Waals surface area contributed by atoms with Gasteiger partial charge in [0, 0.05) is 18.8 Å². The second kappa shape index (κ2) is 19.1. The van der Waals surface area contributed by atoms with Crippen molar-refractivity contribution in [1.29, 1.82) is 0 Å². The van der Waals surface area contributed by atoms with E-state index in [-0.39, 0.29) is 0 Å². The highest BCUT2D eigenvalue weighted by Crippen LogP contribution is 2.09. The number of likely N-dealkylation sites (N-methyl/N-ethyl adjacent to an activating group) is 2. The zero-order valence-corrected chi connectivity index (χ0v) is 14.2.